The smallest absolute Gasteiger partial charge is 0.189 e. The summed E-state index contributed by atoms with van der Waals surface area (Å²) in [4.78, 5) is 8.47. The van der Waals surface area contributed by atoms with E-state index >= 15 is 0 Å². The van der Waals surface area contributed by atoms with Crippen molar-refractivity contribution >= 4 is 72.1 Å². The number of anilines is 6. The van der Waals surface area contributed by atoms with Gasteiger partial charge in [0.2, 0.25) is 0 Å². The third-order valence-electron chi connectivity index (χ3n) is 13.3. The highest BCUT2D eigenvalue weighted by atomic mass is 15.1. The Labute approximate surface area is 370 Å². The van der Waals surface area contributed by atoms with E-state index in [2.05, 4.69) is 202 Å². The van der Waals surface area contributed by atoms with Crippen LogP contribution in [0.2, 0.25) is 0 Å². The molecule has 1 aliphatic carbocycles. The lowest BCUT2D eigenvalue weighted by Gasteiger charge is -2.53. The van der Waals surface area contributed by atoms with Crippen LogP contribution in [-0.4, -0.2) is 0 Å². The number of rotatable bonds is 6. The summed E-state index contributed by atoms with van der Waals surface area (Å²) in [7, 11) is 0. The van der Waals surface area contributed by atoms with Crippen LogP contribution >= 0.6 is 0 Å². The van der Waals surface area contributed by atoms with Gasteiger partial charge >= 0.3 is 0 Å². The van der Waals surface area contributed by atoms with E-state index in [1.54, 1.807) is 0 Å². The zero-order chi connectivity index (χ0) is 43.7. The summed E-state index contributed by atoms with van der Waals surface area (Å²) in [6, 6.07) is 66.6. The van der Waals surface area contributed by atoms with Crippen LogP contribution < -0.4 is 9.80 Å². The molecule has 0 saturated heterocycles. The molecule has 10 rings (SSSR count). The molecule has 0 bridgehead atoms. The van der Waals surface area contributed by atoms with Crippen LogP contribution in [0.5, 0.6) is 0 Å². The molecule has 4 heteroatoms. The van der Waals surface area contributed by atoms with Crippen LogP contribution in [0.4, 0.5) is 39.8 Å². The third kappa shape index (κ3) is 6.01. The van der Waals surface area contributed by atoms with Gasteiger partial charge in [-0.05, 0) is 133 Å². The largest absolute Gasteiger partial charge is 0.311 e. The second-order valence-electron chi connectivity index (χ2n) is 18.8. The molecule has 0 heterocycles. The molecular formula is C59H48N4. The number of nitriles is 1. The minimum Gasteiger partial charge on any atom is -0.311 e. The normalized spacial score (nSPS) is 13.0. The lowest BCUT2D eigenvalue weighted by atomic mass is 9.49. The second kappa shape index (κ2) is 14.8. The Morgan fingerprint density at radius 2 is 0.984 bits per heavy atom. The Morgan fingerprint density at radius 3 is 1.60 bits per heavy atom. The fourth-order valence-electron chi connectivity index (χ4n) is 11.3. The summed E-state index contributed by atoms with van der Waals surface area (Å²) in [5.41, 5.74) is 11.5. The van der Waals surface area contributed by atoms with Gasteiger partial charge in [0.1, 0.15) is 0 Å². The van der Waals surface area contributed by atoms with E-state index in [0.29, 0.717) is 11.3 Å². The molecule has 0 aromatic heterocycles. The predicted octanol–water partition coefficient (Wildman–Crippen LogP) is 16.9. The number of fused-ring (bicyclic) bond motifs is 10. The van der Waals surface area contributed by atoms with E-state index in [0.717, 1.165) is 39.5 Å². The van der Waals surface area contributed by atoms with Crippen molar-refractivity contribution in [2.24, 2.45) is 10.8 Å². The standard InChI is InChI=1S/C59H48N4/c1-57(2,3)59(58(4,5)6)52-37-53(63(42-24-12-9-13-25-42)44-27-19-21-40(35-44)61-7)47-29-15-17-31-49(47)54(52)55-48-30-16-14-28-46(48)51-36-45(32-33-50(51)56(55)59)62(41-22-10-8-11-23-41)43-26-18-20-39(34-43)38-60/h8-37H,1-6H3. The molecule has 63 heavy (non-hydrogen) atoms. The molecule has 0 radical (unpaired) electrons. The average Bonchev–Trinajstić information content (AvgIpc) is 3.64. The molecule has 0 N–H and O–H groups in total. The van der Waals surface area contributed by atoms with Crippen LogP contribution in [-0.2, 0) is 5.41 Å². The van der Waals surface area contributed by atoms with E-state index in [4.69, 9.17) is 6.57 Å². The molecule has 0 atom stereocenters. The Balaban J connectivity index is 1.35. The van der Waals surface area contributed by atoms with Crippen molar-refractivity contribution in [1.82, 2.24) is 0 Å². The topological polar surface area (TPSA) is 34.6 Å². The van der Waals surface area contributed by atoms with Crippen molar-refractivity contribution in [3.63, 3.8) is 0 Å². The summed E-state index contributed by atoms with van der Waals surface area (Å²) in [6.45, 7) is 22.5. The van der Waals surface area contributed by atoms with Gasteiger partial charge in [0.25, 0.3) is 0 Å². The molecular weight excluding hydrogens is 765 g/mol. The highest BCUT2D eigenvalue weighted by molar-refractivity contribution is 6.23. The van der Waals surface area contributed by atoms with E-state index in [-0.39, 0.29) is 10.8 Å². The van der Waals surface area contributed by atoms with Gasteiger partial charge in [0, 0.05) is 39.2 Å². The summed E-state index contributed by atoms with van der Waals surface area (Å²) in [5, 5.41) is 17.2. The average molecular weight is 813 g/mol. The van der Waals surface area contributed by atoms with E-state index in [1.807, 2.05) is 42.5 Å². The fourth-order valence-corrected chi connectivity index (χ4v) is 11.3. The Kier molecular flexibility index (Phi) is 9.25. The van der Waals surface area contributed by atoms with Crippen molar-refractivity contribution in [1.29, 1.82) is 5.26 Å². The lowest BCUT2D eigenvalue weighted by molar-refractivity contribution is 0.0965. The zero-order valence-electron chi connectivity index (χ0n) is 36.6. The maximum Gasteiger partial charge on any atom is 0.189 e. The van der Waals surface area contributed by atoms with Crippen LogP contribution in [0.25, 0.3) is 48.3 Å². The second-order valence-corrected chi connectivity index (χ2v) is 18.8. The minimum atomic E-state index is -0.492. The first-order chi connectivity index (χ1) is 30.5. The molecule has 9 aromatic rings. The zero-order valence-corrected chi connectivity index (χ0v) is 36.6. The van der Waals surface area contributed by atoms with Gasteiger partial charge in [-0.15, -0.1) is 0 Å². The van der Waals surface area contributed by atoms with Crippen molar-refractivity contribution < 1.29 is 0 Å². The van der Waals surface area contributed by atoms with Crippen LogP contribution in [0.1, 0.15) is 58.2 Å². The maximum atomic E-state index is 9.96. The molecule has 9 aromatic carbocycles. The predicted molar refractivity (Wildman–Crippen MR) is 264 cm³/mol. The van der Waals surface area contributed by atoms with Gasteiger partial charge < -0.3 is 9.80 Å². The highest BCUT2D eigenvalue weighted by Gasteiger charge is 2.59. The van der Waals surface area contributed by atoms with Crippen molar-refractivity contribution in [3.05, 3.63) is 210 Å². The molecule has 0 amide bonds. The third-order valence-corrected chi connectivity index (χ3v) is 13.3. The number of hydrogen-bond donors (Lipinski definition) is 0. The molecule has 304 valence electrons. The number of nitrogens with zero attached hydrogens (tertiary/aromatic N) is 4. The van der Waals surface area contributed by atoms with Crippen LogP contribution in [0.3, 0.4) is 0 Å². The quantitative estimate of drug-likeness (QED) is 0.124. The van der Waals surface area contributed by atoms with E-state index in [1.165, 1.54) is 49.2 Å². The van der Waals surface area contributed by atoms with E-state index < -0.39 is 5.41 Å². The van der Waals surface area contributed by atoms with Gasteiger partial charge in [0.05, 0.1) is 23.9 Å². The molecule has 0 aliphatic heterocycles. The van der Waals surface area contributed by atoms with Crippen LogP contribution in [0.15, 0.2) is 182 Å². The first-order valence-corrected chi connectivity index (χ1v) is 21.7. The fraction of sp³-hybridized carbons (Fsp3) is 0.153. The first-order valence-electron chi connectivity index (χ1n) is 21.7. The number of hydrogen-bond acceptors (Lipinski definition) is 3. The molecule has 0 spiro atoms. The van der Waals surface area contributed by atoms with Gasteiger partial charge in [-0.2, -0.15) is 5.26 Å². The van der Waals surface area contributed by atoms with Crippen molar-refractivity contribution in [3.8, 4) is 17.2 Å². The molecule has 0 fully saturated rings. The monoisotopic (exact) mass is 812 g/mol. The van der Waals surface area contributed by atoms with Crippen molar-refractivity contribution in [2.75, 3.05) is 9.80 Å². The maximum absolute atomic E-state index is 9.96. The van der Waals surface area contributed by atoms with Gasteiger partial charge in [-0.3, -0.25) is 0 Å². The van der Waals surface area contributed by atoms with Crippen LogP contribution in [0, 0.1) is 28.7 Å². The van der Waals surface area contributed by atoms with Crippen molar-refractivity contribution in [2.45, 2.75) is 47.0 Å². The summed E-state index contributed by atoms with van der Waals surface area (Å²) in [5.74, 6) is 0. The first kappa shape index (κ1) is 39.5. The summed E-state index contributed by atoms with van der Waals surface area (Å²) in [6.07, 6.45) is 0. The Bertz CT molecular complexity index is 3320. The molecule has 1 aliphatic rings. The molecule has 4 nitrogen and oxygen atoms in total. The number of para-hydroxylation sites is 2. The molecule has 0 saturated carbocycles. The summed E-state index contributed by atoms with van der Waals surface area (Å²) < 4.78 is 0. The SMILES string of the molecule is [C-]#[N+]c1cccc(N(c2ccccc2)c2cc3c(c4ccccc24)-c2c(c4ccc(N(c5ccccc5)c5cccc(C#N)c5)cc4c4ccccc24)C3(C(C)(C)C)C(C)(C)C)c1. The van der Waals surface area contributed by atoms with Gasteiger partial charge in [-0.25, -0.2) is 4.85 Å². The van der Waals surface area contributed by atoms with Gasteiger partial charge in [0.15, 0.2) is 5.69 Å². The Hall–Kier alpha value is -7.66. The van der Waals surface area contributed by atoms with E-state index in [9.17, 15) is 5.26 Å². The molecule has 0 unspecified atom stereocenters. The Morgan fingerprint density at radius 1 is 0.460 bits per heavy atom. The minimum absolute atomic E-state index is 0.269. The van der Waals surface area contributed by atoms with Gasteiger partial charge in [-0.1, -0.05) is 151 Å². The lowest BCUT2D eigenvalue weighted by Crippen LogP contribution is -2.50. The number of benzene rings is 9. The summed E-state index contributed by atoms with van der Waals surface area (Å²) >= 11 is 0. The highest BCUT2D eigenvalue weighted by Crippen LogP contribution is 2.69.